The molecule has 2 aromatic carbocycles. The SMILES string of the molecule is CN(C(=O)COC(=O)c1ccc(F)cc1)[C@]1(c2ccccc2Cl)CCCCC1=O. The lowest BCUT2D eigenvalue weighted by atomic mass is 9.74. The van der Waals surface area contributed by atoms with Crippen molar-refractivity contribution in [2.24, 2.45) is 0 Å². The predicted octanol–water partition coefficient (Wildman–Crippen LogP) is 4.13. The van der Waals surface area contributed by atoms with E-state index in [4.69, 9.17) is 16.3 Å². The Labute approximate surface area is 173 Å². The summed E-state index contributed by atoms with van der Waals surface area (Å²) < 4.78 is 18.1. The lowest BCUT2D eigenvalue weighted by molar-refractivity contribution is -0.150. The summed E-state index contributed by atoms with van der Waals surface area (Å²) in [7, 11) is 1.53. The van der Waals surface area contributed by atoms with Crippen molar-refractivity contribution in [1.82, 2.24) is 4.90 Å². The van der Waals surface area contributed by atoms with Crippen LogP contribution in [-0.4, -0.2) is 36.2 Å². The molecule has 1 aliphatic rings. The number of rotatable bonds is 5. The topological polar surface area (TPSA) is 63.7 Å². The van der Waals surface area contributed by atoms with Gasteiger partial charge in [0.05, 0.1) is 5.56 Å². The molecule has 1 fully saturated rings. The molecule has 0 radical (unpaired) electrons. The molecule has 1 atom stereocenters. The summed E-state index contributed by atoms with van der Waals surface area (Å²) in [6.45, 7) is -0.536. The average molecular weight is 418 g/mol. The van der Waals surface area contributed by atoms with Crippen molar-refractivity contribution < 1.29 is 23.5 Å². The summed E-state index contributed by atoms with van der Waals surface area (Å²) in [6.07, 6.45) is 2.32. The Kier molecular flexibility index (Phi) is 6.33. The second kappa shape index (κ2) is 8.74. The maximum absolute atomic E-state index is 13.0. The van der Waals surface area contributed by atoms with E-state index in [9.17, 15) is 18.8 Å². The first-order valence-electron chi connectivity index (χ1n) is 9.34. The van der Waals surface area contributed by atoms with E-state index in [1.807, 2.05) is 0 Å². The summed E-state index contributed by atoms with van der Waals surface area (Å²) >= 11 is 6.38. The highest BCUT2D eigenvalue weighted by Gasteiger charge is 2.47. The van der Waals surface area contributed by atoms with Crippen molar-refractivity contribution in [3.05, 3.63) is 70.5 Å². The van der Waals surface area contributed by atoms with Gasteiger partial charge in [-0.2, -0.15) is 0 Å². The van der Waals surface area contributed by atoms with Crippen molar-refractivity contribution >= 4 is 29.3 Å². The molecule has 0 N–H and O–H groups in total. The minimum atomic E-state index is -1.18. The number of ether oxygens (including phenoxy) is 1. The molecule has 2 aromatic rings. The normalized spacial score (nSPS) is 18.9. The Morgan fingerprint density at radius 2 is 1.83 bits per heavy atom. The lowest BCUT2D eigenvalue weighted by Crippen LogP contribution is -2.55. The van der Waals surface area contributed by atoms with Gasteiger partial charge in [0, 0.05) is 24.1 Å². The monoisotopic (exact) mass is 417 g/mol. The minimum absolute atomic E-state index is 0.0856. The number of nitrogens with zero attached hydrogens (tertiary/aromatic N) is 1. The van der Waals surface area contributed by atoms with Crippen molar-refractivity contribution in [2.45, 2.75) is 31.2 Å². The van der Waals surface area contributed by atoms with Gasteiger partial charge in [-0.05, 0) is 49.6 Å². The molecule has 0 spiro atoms. The van der Waals surface area contributed by atoms with E-state index >= 15 is 0 Å². The molecule has 1 saturated carbocycles. The summed E-state index contributed by atoms with van der Waals surface area (Å²) in [5, 5.41) is 0.408. The van der Waals surface area contributed by atoms with Crippen LogP contribution >= 0.6 is 11.6 Å². The largest absolute Gasteiger partial charge is 0.452 e. The first kappa shape index (κ1) is 21.0. The standard InChI is InChI=1S/C22H21ClFNO4/c1-25(20(27)14-29-21(28)15-9-11-16(24)12-10-15)22(13-5-4-8-19(22)26)17-6-2-3-7-18(17)23/h2-3,6-7,9-12H,4-5,8,13-14H2,1H3/t22-/m0/s1. The number of carbonyl (C=O) groups is 3. The fourth-order valence-electron chi connectivity index (χ4n) is 3.74. The van der Waals surface area contributed by atoms with Gasteiger partial charge in [0.1, 0.15) is 11.4 Å². The number of benzene rings is 2. The zero-order valence-electron chi connectivity index (χ0n) is 16.0. The van der Waals surface area contributed by atoms with Crippen molar-refractivity contribution in [3.8, 4) is 0 Å². The fraction of sp³-hybridized carbons (Fsp3) is 0.318. The first-order chi connectivity index (χ1) is 13.9. The zero-order valence-corrected chi connectivity index (χ0v) is 16.7. The van der Waals surface area contributed by atoms with Gasteiger partial charge in [0.2, 0.25) is 0 Å². The Morgan fingerprint density at radius 3 is 2.48 bits per heavy atom. The van der Waals surface area contributed by atoms with Gasteiger partial charge in [-0.3, -0.25) is 9.59 Å². The average Bonchev–Trinajstić information content (AvgIpc) is 2.73. The Balaban J connectivity index is 1.81. The smallest absolute Gasteiger partial charge is 0.338 e. The van der Waals surface area contributed by atoms with Crippen LogP contribution in [-0.2, 0) is 19.9 Å². The number of carbonyl (C=O) groups excluding carboxylic acids is 3. The number of halogens is 2. The number of hydrogen-bond donors (Lipinski definition) is 0. The van der Waals surface area contributed by atoms with E-state index in [2.05, 4.69) is 0 Å². The number of amides is 1. The number of esters is 1. The molecular formula is C22H21ClFNO4. The van der Waals surface area contributed by atoms with E-state index in [0.29, 0.717) is 23.4 Å². The quantitative estimate of drug-likeness (QED) is 0.686. The molecule has 0 aromatic heterocycles. The Bertz CT molecular complexity index is 931. The third-order valence-electron chi connectivity index (χ3n) is 5.33. The minimum Gasteiger partial charge on any atom is -0.452 e. The van der Waals surface area contributed by atoms with Crippen LogP contribution in [0.25, 0.3) is 0 Å². The summed E-state index contributed by atoms with van der Waals surface area (Å²) in [5.74, 6) is -1.82. The molecule has 152 valence electrons. The van der Waals surface area contributed by atoms with Crippen LogP contribution in [0.4, 0.5) is 4.39 Å². The first-order valence-corrected chi connectivity index (χ1v) is 9.71. The van der Waals surface area contributed by atoms with E-state index in [1.165, 1.54) is 24.1 Å². The molecule has 1 aliphatic carbocycles. The molecule has 0 heterocycles. The van der Waals surface area contributed by atoms with Crippen molar-refractivity contribution in [2.75, 3.05) is 13.7 Å². The lowest BCUT2D eigenvalue weighted by Gasteiger charge is -2.43. The molecule has 1 amide bonds. The van der Waals surface area contributed by atoms with Gasteiger partial charge in [0.25, 0.3) is 5.91 Å². The highest BCUT2D eigenvalue weighted by atomic mass is 35.5. The number of likely N-dealkylation sites (N-methyl/N-ethyl adjacent to an activating group) is 1. The predicted molar refractivity (Wildman–Crippen MR) is 106 cm³/mol. The number of Topliss-reactive ketones (excluding diaryl/α,β-unsaturated/α-hetero) is 1. The molecular weight excluding hydrogens is 397 g/mol. The molecule has 0 unspecified atom stereocenters. The van der Waals surface area contributed by atoms with Crippen LogP contribution in [0.5, 0.6) is 0 Å². The van der Waals surface area contributed by atoms with E-state index in [0.717, 1.165) is 25.0 Å². The van der Waals surface area contributed by atoms with Crippen molar-refractivity contribution in [1.29, 1.82) is 0 Å². The second-order valence-electron chi connectivity index (χ2n) is 7.01. The van der Waals surface area contributed by atoms with Crippen LogP contribution in [0.2, 0.25) is 5.02 Å². The van der Waals surface area contributed by atoms with E-state index < -0.39 is 29.8 Å². The van der Waals surface area contributed by atoms with Crippen LogP contribution < -0.4 is 0 Å². The maximum atomic E-state index is 13.0. The van der Waals surface area contributed by atoms with E-state index in [1.54, 1.807) is 24.3 Å². The molecule has 3 rings (SSSR count). The summed E-state index contributed by atoms with van der Waals surface area (Å²) in [4.78, 5) is 39.3. The molecule has 0 aliphatic heterocycles. The van der Waals surface area contributed by atoms with Crippen LogP contribution in [0.3, 0.4) is 0 Å². The van der Waals surface area contributed by atoms with Gasteiger partial charge < -0.3 is 9.64 Å². The highest BCUT2D eigenvalue weighted by molar-refractivity contribution is 6.31. The second-order valence-corrected chi connectivity index (χ2v) is 7.41. The molecule has 29 heavy (non-hydrogen) atoms. The Morgan fingerprint density at radius 1 is 1.14 bits per heavy atom. The van der Waals surface area contributed by atoms with Gasteiger partial charge in [-0.15, -0.1) is 0 Å². The summed E-state index contributed by atoms with van der Waals surface area (Å²) in [6, 6.07) is 11.8. The third kappa shape index (κ3) is 4.17. The van der Waals surface area contributed by atoms with Crippen molar-refractivity contribution in [3.63, 3.8) is 0 Å². The fourth-order valence-corrected chi connectivity index (χ4v) is 4.03. The third-order valence-corrected chi connectivity index (χ3v) is 5.66. The highest BCUT2D eigenvalue weighted by Crippen LogP contribution is 2.42. The number of hydrogen-bond acceptors (Lipinski definition) is 4. The van der Waals surface area contributed by atoms with Crippen LogP contribution in [0.1, 0.15) is 41.6 Å². The molecule has 0 saturated heterocycles. The van der Waals surface area contributed by atoms with E-state index in [-0.39, 0.29) is 11.3 Å². The number of ketones is 1. The molecule has 5 nitrogen and oxygen atoms in total. The Hall–Kier alpha value is -2.73. The van der Waals surface area contributed by atoms with Crippen LogP contribution in [0, 0.1) is 5.82 Å². The van der Waals surface area contributed by atoms with Gasteiger partial charge in [-0.1, -0.05) is 29.8 Å². The van der Waals surface area contributed by atoms with Gasteiger partial charge in [-0.25, -0.2) is 9.18 Å². The van der Waals surface area contributed by atoms with Gasteiger partial charge >= 0.3 is 5.97 Å². The van der Waals surface area contributed by atoms with Gasteiger partial charge in [0.15, 0.2) is 12.4 Å². The maximum Gasteiger partial charge on any atom is 0.338 e. The zero-order chi connectivity index (χ0) is 21.0. The summed E-state index contributed by atoms with van der Waals surface area (Å²) in [5.41, 5.74) is -0.473. The van der Waals surface area contributed by atoms with Crippen LogP contribution in [0.15, 0.2) is 48.5 Å². The molecule has 7 heteroatoms. The molecule has 0 bridgehead atoms.